The Morgan fingerprint density at radius 2 is 1.61 bits per heavy atom. The molecule has 9 heteroatoms. The van der Waals surface area contributed by atoms with Crippen LogP contribution >= 0.6 is 0 Å². The summed E-state index contributed by atoms with van der Waals surface area (Å²) in [7, 11) is 0. The van der Waals surface area contributed by atoms with Crippen molar-refractivity contribution >= 4 is 11.9 Å². The van der Waals surface area contributed by atoms with Gasteiger partial charge in [0.05, 0.1) is 11.1 Å². The molecule has 3 aromatic rings. The van der Waals surface area contributed by atoms with Crippen LogP contribution in [0.15, 0.2) is 76.4 Å². The number of rotatable bonds is 6. The Balaban J connectivity index is 1.53. The quantitative estimate of drug-likeness (QED) is 0.572. The average Bonchev–Trinajstić information content (AvgIpc) is 3.23. The maximum Gasteiger partial charge on any atom is 0.338 e. The SMILES string of the molecule is Cc1cn([C@H]2C[C@@H](OC(=O)c3ccccc3)[C@@H](COC(=O)c3ccccc3)O2)c(=O)[nH]c1=O. The number of ether oxygens (including phenoxy) is 3. The highest BCUT2D eigenvalue weighted by Crippen LogP contribution is 2.31. The summed E-state index contributed by atoms with van der Waals surface area (Å²) in [5.41, 5.74) is -0.0781. The molecular formula is C24H22N2O7. The van der Waals surface area contributed by atoms with Crippen LogP contribution in [0.3, 0.4) is 0 Å². The summed E-state index contributed by atoms with van der Waals surface area (Å²) in [6.45, 7) is 1.38. The molecule has 0 spiro atoms. The number of carbonyl (C=O) groups is 2. The number of aromatic nitrogens is 2. The number of H-pyrrole nitrogens is 1. The fraction of sp³-hybridized carbons (Fsp3) is 0.250. The second kappa shape index (κ2) is 9.66. The van der Waals surface area contributed by atoms with Gasteiger partial charge >= 0.3 is 17.6 Å². The van der Waals surface area contributed by atoms with E-state index in [9.17, 15) is 19.2 Å². The van der Waals surface area contributed by atoms with E-state index in [2.05, 4.69) is 4.98 Å². The molecule has 3 atom stereocenters. The van der Waals surface area contributed by atoms with Gasteiger partial charge in [-0.15, -0.1) is 0 Å². The third-order valence-corrected chi connectivity index (χ3v) is 5.29. The van der Waals surface area contributed by atoms with Gasteiger partial charge in [-0.1, -0.05) is 36.4 Å². The van der Waals surface area contributed by atoms with Crippen LogP contribution in [0, 0.1) is 6.92 Å². The lowest BCUT2D eigenvalue weighted by atomic mass is 10.1. The van der Waals surface area contributed by atoms with Crippen molar-refractivity contribution in [2.75, 3.05) is 6.61 Å². The molecule has 1 N–H and O–H groups in total. The number of carbonyl (C=O) groups excluding carboxylic acids is 2. The number of aryl methyl sites for hydroxylation is 1. The number of aromatic amines is 1. The van der Waals surface area contributed by atoms with Gasteiger partial charge < -0.3 is 14.2 Å². The van der Waals surface area contributed by atoms with E-state index >= 15 is 0 Å². The number of esters is 2. The van der Waals surface area contributed by atoms with E-state index in [0.29, 0.717) is 16.7 Å². The standard InChI is InChI=1S/C24H22N2O7/c1-15-13-26(24(30)25-21(15)27)20-12-18(33-23(29)17-10-6-3-7-11-17)19(32-20)14-31-22(28)16-8-4-2-5-9-16/h2-11,13,18-20H,12,14H2,1H3,(H,25,27,30)/t18-,19-,20-/m1/s1. The minimum absolute atomic E-state index is 0.136. The van der Waals surface area contributed by atoms with Crippen LogP contribution < -0.4 is 11.2 Å². The molecule has 0 radical (unpaired) electrons. The third-order valence-electron chi connectivity index (χ3n) is 5.29. The lowest BCUT2D eigenvalue weighted by molar-refractivity contribution is -0.0582. The van der Waals surface area contributed by atoms with E-state index in [1.807, 2.05) is 0 Å². The van der Waals surface area contributed by atoms with Crippen molar-refractivity contribution in [2.45, 2.75) is 31.8 Å². The van der Waals surface area contributed by atoms with Crippen molar-refractivity contribution in [3.05, 3.63) is 104 Å². The fourth-order valence-corrected chi connectivity index (χ4v) is 3.54. The normalized spacial score (nSPS) is 19.7. The lowest BCUT2D eigenvalue weighted by Crippen LogP contribution is -2.33. The molecule has 9 nitrogen and oxygen atoms in total. The molecular weight excluding hydrogens is 428 g/mol. The molecule has 4 rings (SSSR count). The molecule has 0 bridgehead atoms. The monoisotopic (exact) mass is 450 g/mol. The largest absolute Gasteiger partial charge is 0.459 e. The van der Waals surface area contributed by atoms with E-state index in [0.717, 1.165) is 0 Å². The Labute approximate surface area is 188 Å². The first-order chi connectivity index (χ1) is 15.9. The molecule has 1 aliphatic rings. The van der Waals surface area contributed by atoms with Crippen LogP contribution in [-0.2, 0) is 14.2 Å². The van der Waals surface area contributed by atoms with Gasteiger partial charge in [0.25, 0.3) is 5.56 Å². The predicted molar refractivity (Wildman–Crippen MR) is 117 cm³/mol. The Morgan fingerprint density at radius 3 is 2.24 bits per heavy atom. The Hall–Kier alpha value is -3.98. The summed E-state index contributed by atoms with van der Waals surface area (Å²) in [6.07, 6.45) is -0.889. The van der Waals surface area contributed by atoms with Crippen LogP contribution in [0.4, 0.5) is 0 Å². The van der Waals surface area contributed by atoms with Gasteiger partial charge in [0.2, 0.25) is 0 Å². The summed E-state index contributed by atoms with van der Waals surface area (Å²) in [5, 5.41) is 0. The molecule has 0 aliphatic carbocycles. The smallest absolute Gasteiger partial charge is 0.338 e. The van der Waals surface area contributed by atoms with E-state index in [1.165, 1.54) is 10.8 Å². The summed E-state index contributed by atoms with van der Waals surface area (Å²) in [5.74, 6) is -1.11. The topological polar surface area (TPSA) is 117 Å². The van der Waals surface area contributed by atoms with Crippen LogP contribution in [0.2, 0.25) is 0 Å². The second-order valence-corrected chi connectivity index (χ2v) is 7.62. The van der Waals surface area contributed by atoms with Crippen molar-refractivity contribution < 1.29 is 23.8 Å². The highest BCUT2D eigenvalue weighted by molar-refractivity contribution is 5.90. The van der Waals surface area contributed by atoms with Gasteiger partial charge in [0, 0.05) is 18.2 Å². The van der Waals surface area contributed by atoms with Crippen LogP contribution in [0.1, 0.15) is 38.9 Å². The lowest BCUT2D eigenvalue weighted by Gasteiger charge is -2.19. The maximum atomic E-state index is 12.6. The summed E-state index contributed by atoms with van der Waals surface area (Å²) in [4.78, 5) is 51.2. The van der Waals surface area contributed by atoms with Crippen molar-refractivity contribution in [2.24, 2.45) is 0 Å². The number of nitrogens with one attached hydrogen (secondary N) is 1. The molecule has 1 aliphatic heterocycles. The van der Waals surface area contributed by atoms with Gasteiger partial charge in [0.15, 0.2) is 0 Å². The maximum absolute atomic E-state index is 12.6. The van der Waals surface area contributed by atoms with Gasteiger partial charge in [-0.05, 0) is 31.2 Å². The molecule has 2 heterocycles. The molecule has 1 aromatic heterocycles. The number of hydrogen-bond donors (Lipinski definition) is 1. The van der Waals surface area contributed by atoms with Gasteiger partial charge in [-0.2, -0.15) is 0 Å². The number of hydrogen-bond acceptors (Lipinski definition) is 7. The van der Waals surface area contributed by atoms with Crippen LogP contribution in [-0.4, -0.2) is 40.3 Å². The van der Waals surface area contributed by atoms with E-state index in [4.69, 9.17) is 14.2 Å². The van der Waals surface area contributed by atoms with Gasteiger partial charge in [-0.3, -0.25) is 14.3 Å². The van der Waals surface area contributed by atoms with Crippen molar-refractivity contribution in [1.29, 1.82) is 0 Å². The summed E-state index contributed by atoms with van der Waals surface area (Å²) >= 11 is 0. The van der Waals surface area contributed by atoms with Crippen LogP contribution in [0.5, 0.6) is 0 Å². The zero-order chi connectivity index (χ0) is 23.4. The molecule has 170 valence electrons. The van der Waals surface area contributed by atoms with Crippen LogP contribution in [0.25, 0.3) is 0 Å². The third kappa shape index (κ3) is 5.09. The molecule has 1 fully saturated rings. The minimum Gasteiger partial charge on any atom is -0.459 e. The Morgan fingerprint density at radius 1 is 1.00 bits per heavy atom. The zero-order valence-electron chi connectivity index (χ0n) is 17.8. The van der Waals surface area contributed by atoms with E-state index < -0.39 is 41.6 Å². The Bertz CT molecular complexity index is 1250. The first-order valence-corrected chi connectivity index (χ1v) is 10.4. The average molecular weight is 450 g/mol. The Kier molecular flexibility index (Phi) is 6.50. The number of benzene rings is 2. The summed E-state index contributed by atoms with van der Waals surface area (Å²) in [6, 6.07) is 16.9. The molecule has 33 heavy (non-hydrogen) atoms. The molecule has 0 amide bonds. The highest BCUT2D eigenvalue weighted by atomic mass is 16.6. The van der Waals surface area contributed by atoms with Gasteiger partial charge in [-0.25, -0.2) is 14.4 Å². The first-order valence-electron chi connectivity index (χ1n) is 10.4. The molecule has 2 aromatic carbocycles. The predicted octanol–water partition coefficient (Wildman–Crippen LogP) is 2.22. The minimum atomic E-state index is -0.818. The first kappa shape index (κ1) is 22.2. The molecule has 0 unspecified atom stereocenters. The van der Waals surface area contributed by atoms with E-state index in [1.54, 1.807) is 67.6 Å². The molecule has 0 saturated carbocycles. The highest BCUT2D eigenvalue weighted by Gasteiger charge is 2.40. The number of nitrogens with zero attached hydrogens (tertiary/aromatic N) is 1. The van der Waals surface area contributed by atoms with E-state index in [-0.39, 0.29) is 13.0 Å². The molecule has 1 saturated heterocycles. The van der Waals surface area contributed by atoms with Crippen molar-refractivity contribution in [1.82, 2.24) is 9.55 Å². The van der Waals surface area contributed by atoms with Crippen molar-refractivity contribution in [3.63, 3.8) is 0 Å². The van der Waals surface area contributed by atoms with Crippen molar-refractivity contribution in [3.8, 4) is 0 Å². The summed E-state index contributed by atoms with van der Waals surface area (Å²) < 4.78 is 18.2. The zero-order valence-corrected chi connectivity index (χ0v) is 17.8. The fourth-order valence-electron chi connectivity index (χ4n) is 3.54. The van der Waals surface area contributed by atoms with Gasteiger partial charge in [0.1, 0.15) is 25.0 Å². The second-order valence-electron chi connectivity index (χ2n) is 7.62.